The van der Waals surface area contributed by atoms with Gasteiger partial charge >= 0.3 is 0 Å². The Morgan fingerprint density at radius 1 is 1.44 bits per heavy atom. The van der Waals surface area contributed by atoms with Gasteiger partial charge in [-0.25, -0.2) is 0 Å². The summed E-state index contributed by atoms with van der Waals surface area (Å²) in [6, 6.07) is 2.06. The Labute approximate surface area is 120 Å². The number of rotatable bonds is 3. The van der Waals surface area contributed by atoms with Crippen LogP contribution in [-0.4, -0.2) is 23.9 Å². The maximum Gasteiger partial charge on any atom is 0.265 e. The number of alkyl halides is 1. The molecule has 18 heavy (non-hydrogen) atoms. The molecule has 100 valence electrons. The van der Waals surface area contributed by atoms with Gasteiger partial charge < -0.3 is 10.1 Å². The van der Waals surface area contributed by atoms with Crippen molar-refractivity contribution in [3.63, 3.8) is 0 Å². The maximum atomic E-state index is 12.2. The number of carbonyl (C=O) groups is 1. The summed E-state index contributed by atoms with van der Waals surface area (Å²) in [7, 11) is 1.60. The van der Waals surface area contributed by atoms with E-state index in [4.69, 9.17) is 4.74 Å². The Kier molecular flexibility index (Phi) is 5.06. The molecule has 0 saturated heterocycles. The summed E-state index contributed by atoms with van der Waals surface area (Å²) < 4.78 is 5.19. The standard InChI is InChI=1S/C13H18BrNO2S/c1-17-11-7-8-18-12(11)13(16)15-10-6-4-2-3-5-9(10)14/h7-10H,2-6H2,1H3,(H,15,16). The molecule has 1 fully saturated rings. The van der Waals surface area contributed by atoms with E-state index < -0.39 is 0 Å². The quantitative estimate of drug-likeness (QED) is 0.679. The lowest BCUT2D eigenvalue weighted by molar-refractivity contribution is 0.0936. The molecular formula is C13H18BrNO2S. The van der Waals surface area contributed by atoms with Crippen LogP contribution in [0.4, 0.5) is 0 Å². The Balaban J connectivity index is 2.01. The third-order valence-corrected chi connectivity index (χ3v) is 5.29. The predicted molar refractivity (Wildman–Crippen MR) is 77.9 cm³/mol. The van der Waals surface area contributed by atoms with Gasteiger partial charge in [-0.1, -0.05) is 35.2 Å². The highest BCUT2D eigenvalue weighted by molar-refractivity contribution is 9.09. The molecule has 1 N–H and O–H groups in total. The van der Waals surface area contributed by atoms with Gasteiger partial charge in [0.1, 0.15) is 10.6 Å². The van der Waals surface area contributed by atoms with Gasteiger partial charge in [0.05, 0.1) is 7.11 Å². The van der Waals surface area contributed by atoms with Crippen LogP contribution < -0.4 is 10.1 Å². The van der Waals surface area contributed by atoms with Crippen LogP contribution in [0.3, 0.4) is 0 Å². The first-order chi connectivity index (χ1) is 8.72. The summed E-state index contributed by atoms with van der Waals surface area (Å²) in [5.74, 6) is 0.649. The highest BCUT2D eigenvalue weighted by Crippen LogP contribution is 2.27. The van der Waals surface area contributed by atoms with Crippen LogP contribution in [0, 0.1) is 0 Å². The van der Waals surface area contributed by atoms with Crippen molar-refractivity contribution in [2.45, 2.75) is 43.0 Å². The lowest BCUT2D eigenvalue weighted by atomic mass is 10.1. The molecule has 0 spiro atoms. The number of methoxy groups -OCH3 is 1. The van der Waals surface area contributed by atoms with Gasteiger partial charge in [-0.15, -0.1) is 11.3 Å². The lowest BCUT2D eigenvalue weighted by Crippen LogP contribution is -2.40. The first-order valence-electron chi connectivity index (χ1n) is 6.29. The number of hydrogen-bond donors (Lipinski definition) is 1. The van der Waals surface area contributed by atoms with E-state index in [-0.39, 0.29) is 11.9 Å². The molecular weight excluding hydrogens is 314 g/mol. The molecule has 2 unspecified atom stereocenters. The zero-order chi connectivity index (χ0) is 13.0. The van der Waals surface area contributed by atoms with Crippen molar-refractivity contribution in [1.82, 2.24) is 5.32 Å². The van der Waals surface area contributed by atoms with Crippen molar-refractivity contribution in [3.8, 4) is 5.75 Å². The van der Waals surface area contributed by atoms with Crippen LogP contribution in [0.15, 0.2) is 11.4 Å². The number of hydrogen-bond acceptors (Lipinski definition) is 3. The normalized spacial score (nSPS) is 24.3. The molecule has 1 heterocycles. The molecule has 1 amide bonds. The molecule has 2 atom stereocenters. The van der Waals surface area contributed by atoms with Crippen molar-refractivity contribution in [3.05, 3.63) is 16.3 Å². The first kappa shape index (κ1) is 13.9. The van der Waals surface area contributed by atoms with Crippen molar-refractivity contribution in [2.75, 3.05) is 7.11 Å². The predicted octanol–water partition coefficient (Wildman–Crippen LogP) is 3.58. The lowest BCUT2D eigenvalue weighted by Gasteiger charge is -2.21. The van der Waals surface area contributed by atoms with Crippen LogP contribution in [0.5, 0.6) is 5.75 Å². The molecule has 0 radical (unpaired) electrons. The Bertz CT molecular complexity index is 407. The van der Waals surface area contributed by atoms with Gasteiger partial charge in [0, 0.05) is 10.9 Å². The Morgan fingerprint density at radius 2 is 2.22 bits per heavy atom. The number of carbonyl (C=O) groups excluding carboxylic acids is 1. The molecule has 1 aliphatic carbocycles. The molecule has 1 aromatic heterocycles. The third kappa shape index (κ3) is 3.26. The van der Waals surface area contributed by atoms with E-state index in [9.17, 15) is 4.79 Å². The van der Waals surface area contributed by atoms with Crippen LogP contribution >= 0.6 is 27.3 Å². The molecule has 1 aliphatic rings. The Hall–Kier alpha value is -0.550. The second kappa shape index (κ2) is 6.57. The molecule has 0 aliphatic heterocycles. The van der Waals surface area contributed by atoms with E-state index in [1.54, 1.807) is 7.11 Å². The monoisotopic (exact) mass is 331 g/mol. The van der Waals surface area contributed by atoms with E-state index in [0.29, 0.717) is 15.5 Å². The van der Waals surface area contributed by atoms with Crippen LogP contribution in [-0.2, 0) is 0 Å². The summed E-state index contributed by atoms with van der Waals surface area (Å²) >= 11 is 5.11. The fourth-order valence-corrected chi connectivity index (χ4v) is 3.76. The fourth-order valence-electron chi connectivity index (χ4n) is 2.28. The largest absolute Gasteiger partial charge is 0.495 e. The van der Waals surface area contributed by atoms with Crippen LogP contribution in [0.1, 0.15) is 41.8 Å². The van der Waals surface area contributed by atoms with Crippen molar-refractivity contribution >= 4 is 33.2 Å². The van der Waals surface area contributed by atoms with E-state index in [1.165, 1.54) is 30.6 Å². The SMILES string of the molecule is COc1ccsc1C(=O)NC1CCCCCC1Br. The van der Waals surface area contributed by atoms with Gasteiger partial charge in [-0.05, 0) is 24.3 Å². The van der Waals surface area contributed by atoms with Gasteiger partial charge in [0.25, 0.3) is 5.91 Å². The zero-order valence-electron chi connectivity index (χ0n) is 10.4. The highest BCUT2D eigenvalue weighted by Gasteiger charge is 2.24. The van der Waals surface area contributed by atoms with Crippen molar-refractivity contribution in [1.29, 1.82) is 0 Å². The Morgan fingerprint density at radius 3 is 3.00 bits per heavy atom. The summed E-state index contributed by atoms with van der Waals surface area (Å²) in [4.78, 5) is 13.3. The second-order valence-electron chi connectivity index (χ2n) is 4.55. The van der Waals surface area contributed by atoms with Crippen molar-refractivity contribution < 1.29 is 9.53 Å². The fraction of sp³-hybridized carbons (Fsp3) is 0.615. The van der Waals surface area contributed by atoms with Gasteiger partial charge in [0.2, 0.25) is 0 Å². The topological polar surface area (TPSA) is 38.3 Å². The zero-order valence-corrected chi connectivity index (χ0v) is 12.9. The molecule has 1 aromatic rings. The van der Waals surface area contributed by atoms with Crippen molar-refractivity contribution in [2.24, 2.45) is 0 Å². The van der Waals surface area contributed by atoms with E-state index in [1.807, 2.05) is 11.4 Å². The van der Waals surface area contributed by atoms with E-state index in [2.05, 4.69) is 21.2 Å². The summed E-state index contributed by atoms with van der Waals surface area (Å²) in [5, 5.41) is 5.01. The number of nitrogens with one attached hydrogen (secondary N) is 1. The second-order valence-corrected chi connectivity index (χ2v) is 6.64. The molecule has 0 bridgehead atoms. The smallest absolute Gasteiger partial charge is 0.265 e. The van der Waals surface area contributed by atoms with Crippen LogP contribution in [0.2, 0.25) is 0 Å². The van der Waals surface area contributed by atoms with Gasteiger partial charge in [0.15, 0.2) is 0 Å². The van der Waals surface area contributed by atoms with E-state index in [0.717, 1.165) is 12.8 Å². The van der Waals surface area contributed by atoms with Gasteiger partial charge in [-0.2, -0.15) is 0 Å². The van der Waals surface area contributed by atoms with Gasteiger partial charge in [-0.3, -0.25) is 4.79 Å². The maximum absolute atomic E-state index is 12.2. The molecule has 1 saturated carbocycles. The average molecular weight is 332 g/mol. The number of thiophene rings is 1. The third-order valence-electron chi connectivity index (χ3n) is 3.30. The first-order valence-corrected chi connectivity index (χ1v) is 8.08. The summed E-state index contributed by atoms with van der Waals surface area (Å²) in [5.41, 5.74) is 0. The number of ether oxygens (including phenoxy) is 1. The highest BCUT2D eigenvalue weighted by atomic mass is 79.9. The molecule has 3 nitrogen and oxygen atoms in total. The minimum atomic E-state index is -0.0156. The average Bonchev–Trinajstić information content (AvgIpc) is 2.76. The molecule has 5 heteroatoms. The number of halogens is 1. The number of amides is 1. The minimum absolute atomic E-state index is 0.0156. The molecule has 2 rings (SSSR count). The van der Waals surface area contributed by atoms with Crippen LogP contribution in [0.25, 0.3) is 0 Å². The minimum Gasteiger partial charge on any atom is -0.495 e. The summed E-state index contributed by atoms with van der Waals surface area (Å²) in [6.45, 7) is 0. The molecule has 0 aromatic carbocycles. The van der Waals surface area contributed by atoms with E-state index >= 15 is 0 Å². The summed E-state index contributed by atoms with van der Waals surface area (Å²) in [6.07, 6.45) is 5.87.